The van der Waals surface area contributed by atoms with Crippen LogP contribution < -0.4 is 10.1 Å². The monoisotopic (exact) mass is 384 g/mol. The predicted molar refractivity (Wildman–Crippen MR) is 109 cm³/mol. The molecule has 0 unspecified atom stereocenters. The van der Waals surface area contributed by atoms with Crippen molar-refractivity contribution in [2.24, 2.45) is 0 Å². The third-order valence-electron chi connectivity index (χ3n) is 4.56. The Morgan fingerprint density at radius 3 is 2.54 bits per heavy atom. The van der Waals surface area contributed by atoms with E-state index >= 15 is 0 Å². The maximum absolute atomic E-state index is 12.5. The molecule has 1 N–H and O–H groups in total. The molecule has 0 aromatic heterocycles. The van der Waals surface area contributed by atoms with E-state index < -0.39 is 6.09 Å². The molecule has 2 rings (SSSR count). The molecule has 1 aromatic carbocycles. The van der Waals surface area contributed by atoms with Crippen LogP contribution in [0.4, 0.5) is 10.5 Å². The number of nitrogens with one attached hydrogen (secondary N) is 1. The number of amides is 1. The van der Waals surface area contributed by atoms with Crippen molar-refractivity contribution < 1.29 is 14.3 Å². The number of halogens is 1. The Morgan fingerprint density at radius 2 is 1.88 bits per heavy atom. The van der Waals surface area contributed by atoms with Crippen LogP contribution in [0.25, 0.3) is 0 Å². The number of likely N-dealkylation sites (N-methyl/N-ethyl adjacent to an activating group) is 1. The Hall–Kier alpha value is -1.46. The predicted octanol–water partition coefficient (Wildman–Crippen LogP) is 5.10. The number of ether oxygens (including phenoxy) is 2. The Labute approximate surface area is 163 Å². The molecule has 1 aliphatic rings. The van der Waals surface area contributed by atoms with Crippen molar-refractivity contribution in [2.45, 2.75) is 57.5 Å². The molecule has 1 aliphatic carbocycles. The maximum Gasteiger partial charge on any atom is 0.412 e. The SMILES string of the molecule is CCCCOc1ccccc1NC(=O)OC1(CN(C)C)CCCCC1.Cl. The largest absolute Gasteiger partial charge is 0.491 e. The maximum atomic E-state index is 12.5. The molecule has 1 saturated carbocycles. The Bertz CT molecular complexity index is 546. The number of hydrogen-bond donors (Lipinski definition) is 1. The molecule has 26 heavy (non-hydrogen) atoms. The molecule has 0 atom stereocenters. The quantitative estimate of drug-likeness (QED) is 0.633. The van der Waals surface area contributed by atoms with E-state index in [0.29, 0.717) is 18.0 Å². The molecule has 0 heterocycles. The Kier molecular flexibility index (Phi) is 9.81. The molecule has 5 nitrogen and oxygen atoms in total. The number of para-hydroxylation sites is 2. The Balaban J connectivity index is 0.00000338. The average Bonchev–Trinajstić information content (AvgIpc) is 2.56. The smallest absolute Gasteiger partial charge is 0.412 e. The van der Waals surface area contributed by atoms with Crippen molar-refractivity contribution in [3.05, 3.63) is 24.3 Å². The molecule has 0 bridgehead atoms. The van der Waals surface area contributed by atoms with Crippen molar-refractivity contribution in [1.82, 2.24) is 4.90 Å². The van der Waals surface area contributed by atoms with Gasteiger partial charge in [-0.1, -0.05) is 31.9 Å². The number of nitrogens with zero attached hydrogens (tertiary/aromatic N) is 1. The van der Waals surface area contributed by atoms with E-state index in [1.54, 1.807) is 0 Å². The van der Waals surface area contributed by atoms with Crippen molar-refractivity contribution >= 4 is 24.2 Å². The summed E-state index contributed by atoms with van der Waals surface area (Å²) in [5.41, 5.74) is 0.281. The van der Waals surface area contributed by atoms with Crippen LogP contribution in [0, 0.1) is 0 Å². The zero-order valence-electron chi connectivity index (χ0n) is 16.3. The summed E-state index contributed by atoms with van der Waals surface area (Å²) >= 11 is 0. The molecular formula is C20H33ClN2O3. The lowest BCUT2D eigenvalue weighted by Gasteiger charge is -2.38. The van der Waals surface area contributed by atoms with E-state index in [0.717, 1.165) is 45.1 Å². The summed E-state index contributed by atoms with van der Waals surface area (Å²) in [5.74, 6) is 0.693. The highest BCUT2D eigenvalue weighted by molar-refractivity contribution is 5.87. The normalized spacial score (nSPS) is 15.8. The van der Waals surface area contributed by atoms with Gasteiger partial charge in [-0.15, -0.1) is 12.4 Å². The van der Waals surface area contributed by atoms with Crippen LogP contribution >= 0.6 is 12.4 Å². The first-order valence-corrected chi connectivity index (χ1v) is 9.41. The minimum atomic E-state index is -0.393. The van der Waals surface area contributed by atoms with Crippen LogP contribution in [0.2, 0.25) is 0 Å². The van der Waals surface area contributed by atoms with E-state index in [9.17, 15) is 4.79 Å². The minimum absolute atomic E-state index is 0. The molecule has 1 aromatic rings. The van der Waals surface area contributed by atoms with Gasteiger partial charge in [0.15, 0.2) is 0 Å². The standard InChI is InChI=1S/C20H32N2O3.ClH/c1-4-5-15-24-18-12-8-7-11-17(18)21-19(23)25-20(16-22(2)3)13-9-6-10-14-20;/h7-8,11-12H,4-6,9-10,13-16H2,1-3H3,(H,21,23);1H. The fraction of sp³-hybridized carbons (Fsp3) is 0.650. The van der Waals surface area contributed by atoms with Crippen LogP contribution in [-0.4, -0.2) is 43.8 Å². The van der Waals surface area contributed by atoms with Gasteiger partial charge in [-0.3, -0.25) is 5.32 Å². The van der Waals surface area contributed by atoms with E-state index in [1.165, 1.54) is 6.42 Å². The third-order valence-corrected chi connectivity index (χ3v) is 4.56. The van der Waals surface area contributed by atoms with Gasteiger partial charge in [0.05, 0.1) is 12.3 Å². The molecule has 148 valence electrons. The molecule has 0 spiro atoms. The van der Waals surface area contributed by atoms with E-state index in [4.69, 9.17) is 9.47 Å². The number of carbonyl (C=O) groups excluding carboxylic acids is 1. The van der Waals surface area contributed by atoms with Crippen LogP contribution in [0.1, 0.15) is 51.9 Å². The summed E-state index contributed by atoms with van der Waals surface area (Å²) < 4.78 is 11.7. The van der Waals surface area contributed by atoms with Crippen LogP contribution in [0.5, 0.6) is 5.75 Å². The van der Waals surface area contributed by atoms with Crippen molar-refractivity contribution in [2.75, 3.05) is 32.6 Å². The van der Waals surface area contributed by atoms with Crippen molar-refractivity contribution in [3.63, 3.8) is 0 Å². The second-order valence-electron chi connectivity index (χ2n) is 7.19. The van der Waals surface area contributed by atoms with Gasteiger partial charge in [-0.05, 0) is 58.3 Å². The molecule has 0 saturated heterocycles. The number of anilines is 1. The number of benzene rings is 1. The number of carbonyl (C=O) groups is 1. The minimum Gasteiger partial charge on any atom is -0.491 e. The van der Waals surface area contributed by atoms with E-state index in [-0.39, 0.29) is 18.0 Å². The first kappa shape index (κ1) is 22.6. The first-order chi connectivity index (χ1) is 12.0. The van der Waals surface area contributed by atoms with Gasteiger partial charge < -0.3 is 14.4 Å². The number of unbranched alkanes of at least 4 members (excludes halogenated alkanes) is 1. The van der Waals surface area contributed by atoms with Crippen molar-refractivity contribution in [1.29, 1.82) is 0 Å². The number of rotatable bonds is 8. The zero-order valence-corrected chi connectivity index (χ0v) is 17.1. The van der Waals surface area contributed by atoms with Crippen LogP contribution in [0.15, 0.2) is 24.3 Å². The second kappa shape index (κ2) is 11.3. The van der Waals surface area contributed by atoms with Gasteiger partial charge in [0, 0.05) is 6.54 Å². The fourth-order valence-corrected chi connectivity index (χ4v) is 3.42. The topological polar surface area (TPSA) is 50.8 Å². The van der Waals surface area contributed by atoms with Crippen LogP contribution in [-0.2, 0) is 4.74 Å². The highest BCUT2D eigenvalue weighted by Crippen LogP contribution is 2.33. The van der Waals surface area contributed by atoms with E-state index in [2.05, 4.69) is 17.1 Å². The lowest BCUT2D eigenvalue weighted by atomic mass is 9.84. The molecular weight excluding hydrogens is 352 g/mol. The molecule has 6 heteroatoms. The highest BCUT2D eigenvalue weighted by Gasteiger charge is 2.36. The Morgan fingerprint density at radius 1 is 1.19 bits per heavy atom. The fourth-order valence-electron chi connectivity index (χ4n) is 3.42. The van der Waals surface area contributed by atoms with Gasteiger partial charge in [-0.25, -0.2) is 4.79 Å². The molecule has 1 amide bonds. The van der Waals surface area contributed by atoms with Gasteiger partial charge in [0.1, 0.15) is 11.4 Å². The van der Waals surface area contributed by atoms with Crippen LogP contribution in [0.3, 0.4) is 0 Å². The van der Waals surface area contributed by atoms with Gasteiger partial charge in [0.25, 0.3) is 0 Å². The summed E-state index contributed by atoms with van der Waals surface area (Å²) in [7, 11) is 4.04. The lowest BCUT2D eigenvalue weighted by Crippen LogP contribution is -2.46. The average molecular weight is 385 g/mol. The molecule has 0 radical (unpaired) electrons. The van der Waals surface area contributed by atoms with Gasteiger partial charge >= 0.3 is 6.09 Å². The summed E-state index contributed by atoms with van der Waals surface area (Å²) in [6, 6.07) is 7.52. The highest BCUT2D eigenvalue weighted by atomic mass is 35.5. The summed E-state index contributed by atoms with van der Waals surface area (Å²) in [5, 5.41) is 2.88. The second-order valence-corrected chi connectivity index (χ2v) is 7.19. The van der Waals surface area contributed by atoms with Gasteiger partial charge in [0.2, 0.25) is 0 Å². The molecule has 0 aliphatic heterocycles. The third kappa shape index (κ3) is 7.04. The zero-order chi connectivity index (χ0) is 18.1. The van der Waals surface area contributed by atoms with Gasteiger partial charge in [-0.2, -0.15) is 0 Å². The summed E-state index contributed by atoms with van der Waals surface area (Å²) in [6.45, 7) is 3.53. The van der Waals surface area contributed by atoms with Crippen molar-refractivity contribution in [3.8, 4) is 5.75 Å². The number of hydrogen-bond acceptors (Lipinski definition) is 4. The summed E-state index contributed by atoms with van der Waals surface area (Å²) in [6.07, 6.45) is 6.95. The lowest BCUT2D eigenvalue weighted by molar-refractivity contribution is -0.0261. The first-order valence-electron chi connectivity index (χ1n) is 9.41. The molecule has 1 fully saturated rings. The summed E-state index contributed by atoms with van der Waals surface area (Å²) in [4.78, 5) is 14.6. The van der Waals surface area contributed by atoms with E-state index in [1.807, 2.05) is 38.4 Å².